The molecule has 1 N–H and O–H groups in total. The van der Waals surface area contributed by atoms with E-state index in [9.17, 15) is 9.59 Å². The number of rotatable bonds is 4. The normalized spacial score (nSPS) is 10.3. The fourth-order valence-corrected chi connectivity index (χ4v) is 2.89. The van der Waals surface area contributed by atoms with E-state index < -0.39 is 5.97 Å². The highest BCUT2D eigenvalue weighted by Gasteiger charge is 2.21. The van der Waals surface area contributed by atoms with E-state index in [1.807, 2.05) is 0 Å². The molecule has 0 saturated heterocycles. The van der Waals surface area contributed by atoms with Crippen molar-refractivity contribution in [2.24, 2.45) is 0 Å². The summed E-state index contributed by atoms with van der Waals surface area (Å²) in [6.07, 6.45) is 0. The maximum absolute atomic E-state index is 12.0. The molecule has 2 aromatic heterocycles. The van der Waals surface area contributed by atoms with Gasteiger partial charge >= 0.3 is 12.0 Å². The summed E-state index contributed by atoms with van der Waals surface area (Å²) in [6.45, 7) is 3.54. The minimum atomic E-state index is -0.602. The van der Waals surface area contributed by atoms with E-state index in [-0.39, 0.29) is 24.3 Å². The van der Waals surface area contributed by atoms with Crippen molar-refractivity contribution in [2.75, 3.05) is 11.9 Å². The summed E-state index contributed by atoms with van der Waals surface area (Å²) in [5.41, 5.74) is 0.365. The molecule has 0 aliphatic carbocycles. The first kappa shape index (κ1) is 14.7. The first-order valence-corrected chi connectivity index (χ1v) is 7.39. The molecule has 0 aliphatic heterocycles. The lowest BCUT2D eigenvalue weighted by molar-refractivity contribution is 0.0489. The zero-order chi connectivity index (χ0) is 14.7. The summed E-state index contributed by atoms with van der Waals surface area (Å²) in [6, 6.07) is 1.74. The number of nitrogens with one attached hydrogen (secondary N) is 1. The second-order valence-corrected chi connectivity index (χ2v) is 5.48. The third-order valence-corrected chi connectivity index (χ3v) is 4.14. The average molecular weight is 359 g/mol. The molecule has 1 amide bonds. The Labute approximate surface area is 127 Å². The summed E-state index contributed by atoms with van der Waals surface area (Å²) in [5.74, 6) is -0.966. The molecule has 0 saturated carbocycles. The van der Waals surface area contributed by atoms with Gasteiger partial charge in [0.15, 0.2) is 0 Å². The number of thiophene rings is 1. The van der Waals surface area contributed by atoms with Gasteiger partial charge in [-0.2, -0.15) is 4.98 Å². The minimum Gasteiger partial charge on any atom is -0.460 e. The van der Waals surface area contributed by atoms with E-state index >= 15 is 0 Å². The molecule has 106 valence electrons. The number of hydrogen-bond donors (Lipinski definition) is 1. The number of ether oxygens (including phenoxy) is 1. The third-order valence-electron chi connectivity index (χ3n) is 2.30. The van der Waals surface area contributed by atoms with Gasteiger partial charge < -0.3 is 9.15 Å². The number of carbonyl (C=O) groups is 2. The lowest BCUT2D eigenvalue weighted by atomic mass is 10.4. The van der Waals surface area contributed by atoms with Crippen LogP contribution in [0.2, 0.25) is 0 Å². The minimum absolute atomic E-state index is 0.00704. The van der Waals surface area contributed by atoms with Crippen molar-refractivity contribution in [1.29, 1.82) is 0 Å². The van der Waals surface area contributed by atoms with Crippen molar-refractivity contribution < 1.29 is 18.7 Å². The highest BCUT2D eigenvalue weighted by Crippen LogP contribution is 2.24. The smallest absolute Gasteiger partial charge is 0.376 e. The number of hydrogen-bond acceptors (Lipinski definition) is 6. The molecule has 2 rings (SSSR count). The van der Waals surface area contributed by atoms with Crippen LogP contribution in [0, 0.1) is 6.92 Å². The predicted octanol–water partition coefficient (Wildman–Crippen LogP) is 3.24. The van der Waals surface area contributed by atoms with Crippen molar-refractivity contribution in [3.63, 3.8) is 0 Å². The molecule has 6 nitrogen and oxygen atoms in total. The molecule has 8 heteroatoms. The van der Waals surface area contributed by atoms with Crippen molar-refractivity contribution in [3.8, 4) is 0 Å². The number of oxazole rings is 1. The van der Waals surface area contributed by atoms with Gasteiger partial charge in [-0.05, 0) is 41.2 Å². The standard InChI is InChI=1S/C12H11BrN2O4S/c1-3-18-11(17)8-6(2)14-12(19-8)15-10(16)9-7(13)4-5-20-9/h4-5H,3H2,1-2H3,(H,14,15,16). The fourth-order valence-electron chi connectivity index (χ4n) is 1.45. The summed E-state index contributed by atoms with van der Waals surface area (Å²) in [7, 11) is 0. The highest BCUT2D eigenvalue weighted by atomic mass is 79.9. The summed E-state index contributed by atoms with van der Waals surface area (Å²) < 4.78 is 10.7. The monoisotopic (exact) mass is 358 g/mol. The predicted molar refractivity (Wildman–Crippen MR) is 77.2 cm³/mol. The maximum Gasteiger partial charge on any atom is 0.376 e. The van der Waals surface area contributed by atoms with Gasteiger partial charge in [0.2, 0.25) is 5.76 Å². The lowest BCUT2D eigenvalue weighted by Crippen LogP contribution is -2.11. The Kier molecular flexibility index (Phi) is 4.56. The van der Waals surface area contributed by atoms with Crippen LogP contribution >= 0.6 is 27.3 Å². The Morgan fingerprint density at radius 1 is 1.55 bits per heavy atom. The summed E-state index contributed by atoms with van der Waals surface area (Å²) in [5, 5.41) is 4.28. The lowest BCUT2D eigenvalue weighted by Gasteiger charge is -1.99. The Bertz CT molecular complexity index is 650. The van der Waals surface area contributed by atoms with E-state index in [1.165, 1.54) is 11.3 Å². The Morgan fingerprint density at radius 2 is 2.30 bits per heavy atom. The van der Waals surface area contributed by atoms with Crippen molar-refractivity contribution >= 4 is 45.2 Å². The zero-order valence-corrected chi connectivity index (χ0v) is 13.1. The number of halogens is 1. The number of aromatic nitrogens is 1. The van der Waals surface area contributed by atoms with Crippen LogP contribution in [-0.2, 0) is 4.74 Å². The molecule has 0 bridgehead atoms. The van der Waals surface area contributed by atoms with Gasteiger partial charge in [0.25, 0.3) is 5.91 Å². The average Bonchev–Trinajstić information content (AvgIpc) is 2.96. The third kappa shape index (κ3) is 3.07. The molecule has 0 atom stereocenters. The van der Waals surface area contributed by atoms with Crippen LogP contribution in [0.5, 0.6) is 0 Å². The number of amides is 1. The molecule has 0 aliphatic rings. The Hall–Kier alpha value is -1.67. The van der Waals surface area contributed by atoms with Crippen LogP contribution in [0.4, 0.5) is 6.01 Å². The summed E-state index contributed by atoms with van der Waals surface area (Å²) >= 11 is 4.55. The van der Waals surface area contributed by atoms with Crippen LogP contribution in [-0.4, -0.2) is 23.5 Å². The molecule has 2 heterocycles. The van der Waals surface area contributed by atoms with E-state index in [4.69, 9.17) is 9.15 Å². The van der Waals surface area contributed by atoms with Gasteiger partial charge in [-0.15, -0.1) is 11.3 Å². The van der Waals surface area contributed by atoms with Gasteiger partial charge in [-0.3, -0.25) is 10.1 Å². The number of nitrogens with zero attached hydrogens (tertiary/aromatic N) is 1. The van der Waals surface area contributed by atoms with Crippen molar-refractivity contribution in [2.45, 2.75) is 13.8 Å². The highest BCUT2D eigenvalue weighted by molar-refractivity contribution is 9.10. The number of anilines is 1. The van der Waals surface area contributed by atoms with Gasteiger partial charge in [-0.25, -0.2) is 4.79 Å². The second kappa shape index (κ2) is 6.19. The van der Waals surface area contributed by atoms with Gasteiger partial charge in [0.05, 0.1) is 12.3 Å². The molecule has 0 fully saturated rings. The summed E-state index contributed by atoms with van der Waals surface area (Å²) in [4.78, 5) is 28.0. The topological polar surface area (TPSA) is 81.4 Å². The second-order valence-electron chi connectivity index (χ2n) is 3.71. The largest absolute Gasteiger partial charge is 0.460 e. The molecule has 20 heavy (non-hydrogen) atoms. The van der Waals surface area contributed by atoms with Gasteiger partial charge in [-0.1, -0.05) is 0 Å². The van der Waals surface area contributed by atoms with Crippen molar-refractivity contribution in [3.05, 3.63) is 32.3 Å². The number of aryl methyl sites for hydroxylation is 1. The first-order valence-electron chi connectivity index (χ1n) is 5.71. The maximum atomic E-state index is 12.0. The quantitative estimate of drug-likeness (QED) is 0.848. The fraction of sp³-hybridized carbons (Fsp3) is 0.250. The van der Waals surface area contributed by atoms with Crippen LogP contribution in [0.25, 0.3) is 0 Å². The molecule has 2 aromatic rings. The van der Waals surface area contributed by atoms with Crippen LogP contribution in [0.15, 0.2) is 20.3 Å². The Balaban J connectivity index is 2.15. The molecular weight excluding hydrogens is 348 g/mol. The molecule has 0 aromatic carbocycles. The van der Waals surface area contributed by atoms with Crippen LogP contribution in [0.3, 0.4) is 0 Å². The van der Waals surface area contributed by atoms with E-state index in [1.54, 1.807) is 25.3 Å². The van der Waals surface area contributed by atoms with Gasteiger partial charge in [0, 0.05) is 4.47 Å². The van der Waals surface area contributed by atoms with E-state index in [2.05, 4.69) is 26.2 Å². The van der Waals surface area contributed by atoms with Crippen LogP contribution in [0.1, 0.15) is 32.8 Å². The molecule has 0 spiro atoms. The molecule has 0 unspecified atom stereocenters. The molecular formula is C12H11BrN2O4S. The number of esters is 1. The van der Waals surface area contributed by atoms with Crippen LogP contribution < -0.4 is 5.32 Å². The van der Waals surface area contributed by atoms with Crippen molar-refractivity contribution in [1.82, 2.24) is 4.98 Å². The Morgan fingerprint density at radius 3 is 2.90 bits per heavy atom. The zero-order valence-electron chi connectivity index (χ0n) is 10.7. The number of carbonyl (C=O) groups excluding carboxylic acids is 2. The SMILES string of the molecule is CCOC(=O)c1oc(NC(=O)c2sccc2Br)nc1C. The van der Waals surface area contributed by atoms with E-state index in [0.717, 1.165) is 0 Å². The first-order chi connectivity index (χ1) is 9.52. The van der Waals surface area contributed by atoms with E-state index in [0.29, 0.717) is 15.0 Å². The molecule has 0 radical (unpaired) electrons. The van der Waals surface area contributed by atoms with Gasteiger partial charge in [0.1, 0.15) is 4.88 Å².